The van der Waals surface area contributed by atoms with Gasteiger partial charge < -0.3 is 14.0 Å². The smallest absolute Gasteiger partial charge is 0.160 e. The van der Waals surface area contributed by atoms with Crippen LogP contribution in [0.2, 0.25) is 5.02 Å². The summed E-state index contributed by atoms with van der Waals surface area (Å²) >= 11 is 6.23. The van der Waals surface area contributed by atoms with Crippen LogP contribution in [0.5, 0.6) is 0 Å². The molecule has 2 aromatic carbocycles. The van der Waals surface area contributed by atoms with Crippen LogP contribution in [0.25, 0.3) is 11.0 Å². The first-order valence-electron chi connectivity index (χ1n) is 10.4. The normalized spacial score (nSPS) is 19.3. The number of hydrogen-bond acceptors (Lipinski definition) is 4. The molecule has 2 saturated heterocycles. The Bertz CT molecular complexity index is 961. The number of likely N-dealkylation sites (tertiary alicyclic amines) is 1. The summed E-state index contributed by atoms with van der Waals surface area (Å²) in [5.74, 6) is 1.61. The minimum atomic E-state index is 0.00180. The summed E-state index contributed by atoms with van der Waals surface area (Å²) in [6.07, 6.45) is 2.21. The Morgan fingerprint density at radius 1 is 0.966 bits per heavy atom. The molecule has 29 heavy (non-hydrogen) atoms. The van der Waals surface area contributed by atoms with E-state index >= 15 is 0 Å². The molecule has 2 aliphatic rings. The van der Waals surface area contributed by atoms with Crippen LogP contribution in [0.1, 0.15) is 24.2 Å². The molecule has 0 unspecified atom stereocenters. The molecule has 0 radical (unpaired) electrons. The van der Waals surface area contributed by atoms with Gasteiger partial charge in [-0.05, 0) is 49.7 Å². The fourth-order valence-corrected chi connectivity index (χ4v) is 4.61. The molecule has 5 rings (SSSR count). The summed E-state index contributed by atoms with van der Waals surface area (Å²) in [5.41, 5.74) is 3.37. The highest BCUT2D eigenvalue weighted by Crippen LogP contribution is 2.28. The molecule has 0 saturated carbocycles. The summed E-state index contributed by atoms with van der Waals surface area (Å²) in [7, 11) is 0. The molecule has 0 aliphatic carbocycles. The number of piperidine rings is 1. The molecule has 0 N–H and O–H groups in total. The van der Waals surface area contributed by atoms with Gasteiger partial charge in [-0.2, -0.15) is 0 Å². The van der Waals surface area contributed by atoms with E-state index in [4.69, 9.17) is 26.1 Å². The molecule has 0 amide bonds. The maximum atomic E-state index is 6.23. The largest absolute Gasteiger partial charge is 0.350 e. The molecular weight excluding hydrogens is 386 g/mol. The van der Waals surface area contributed by atoms with Crippen molar-refractivity contribution in [3.63, 3.8) is 0 Å². The van der Waals surface area contributed by atoms with E-state index in [2.05, 4.69) is 45.9 Å². The summed E-state index contributed by atoms with van der Waals surface area (Å²) < 4.78 is 13.8. The number of hydrogen-bond donors (Lipinski definition) is 0. The fraction of sp³-hybridized carbons (Fsp3) is 0.435. The molecule has 6 heteroatoms. The van der Waals surface area contributed by atoms with Gasteiger partial charge >= 0.3 is 0 Å². The van der Waals surface area contributed by atoms with Crippen LogP contribution >= 0.6 is 11.6 Å². The van der Waals surface area contributed by atoms with Gasteiger partial charge in [0.25, 0.3) is 0 Å². The molecule has 2 aliphatic heterocycles. The fourth-order valence-electron chi connectivity index (χ4n) is 4.45. The summed E-state index contributed by atoms with van der Waals surface area (Å²) in [4.78, 5) is 7.44. The van der Waals surface area contributed by atoms with Gasteiger partial charge in [0.2, 0.25) is 0 Å². The van der Waals surface area contributed by atoms with E-state index in [1.807, 2.05) is 12.1 Å². The number of rotatable bonds is 5. The van der Waals surface area contributed by atoms with Crippen LogP contribution in [0.3, 0.4) is 0 Å². The Kier molecular flexibility index (Phi) is 5.55. The van der Waals surface area contributed by atoms with Gasteiger partial charge in [0.05, 0.1) is 30.8 Å². The van der Waals surface area contributed by atoms with Gasteiger partial charge in [-0.15, -0.1) is 0 Å². The average molecular weight is 412 g/mol. The van der Waals surface area contributed by atoms with Gasteiger partial charge in [0.15, 0.2) is 6.29 Å². The molecular formula is C23H26ClN3O2. The van der Waals surface area contributed by atoms with E-state index in [0.29, 0.717) is 5.92 Å². The van der Waals surface area contributed by atoms with E-state index in [0.717, 1.165) is 74.1 Å². The second-order valence-electron chi connectivity index (χ2n) is 7.96. The molecule has 1 aromatic heterocycles. The van der Waals surface area contributed by atoms with E-state index in [9.17, 15) is 0 Å². The van der Waals surface area contributed by atoms with Gasteiger partial charge in [0.1, 0.15) is 5.82 Å². The van der Waals surface area contributed by atoms with Crippen molar-refractivity contribution >= 4 is 22.6 Å². The molecule has 2 fully saturated rings. The highest BCUT2D eigenvalue weighted by molar-refractivity contribution is 6.31. The van der Waals surface area contributed by atoms with E-state index in [1.54, 1.807) is 0 Å². The quantitative estimate of drug-likeness (QED) is 0.626. The number of nitrogens with zero attached hydrogens (tertiary/aromatic N) is 3. The molecule has 3 heterocycles. The van der Waals surface area contributed by atoms with Crippen molar-refractivity contribution in [3.05, 3.63) is 64.9 Å². The molecule has 5 nitrogen and oxygen atoms in total. The van der Waals surface area contributed by atoms with Gasteiger partial charge in [-0.3, -0.25) is 4.90 Å². The number of fused-ring (bicyclic) bond motifs is 1. The first-order valence-corrected chi connectivity index (χ1v) is 10.8. The first kappa shape index (κ1) is 19.1. The van der Waals surface area contributed by atoms with E-state index < -0.39 is 0 Å². The zero-order valence-corrected chi connectivity index (χ0v) is 17.2. The van der Waals surface area contributed by atoms with Crippen molar-refractivity contribution in [1.29, 1.82) is 0 Å². The number of benzene rings is 2. The molecule has 0 bridgehead atoms. The number of halogens is 1. The minimum Gasteiger partial charge on any atom is -0.350 e. The van der Waals surface area contributed by atoms with Crippen LogP contribution in [0.15, 0.2) is 48.5 Å². The zero-order valence-electron chi connectivity index (χ0n) is 16.5. The van der Waals surface area contributed by atoms with Gasteiger partial charge in [-0.1, -0.05) is 41.9 Å². The number of ether oxygens (including phenoxy) is 2. The lowest BCUT2D eigenvalue weighted by Crippen LogP contribution is -2.38. The Morgan fingerprint density at radius 2 is 1.72 bits per heavy atom. The van der Waals surface area contributed by atoms with Crippen molar-refractivity contribution in [2.75, 3.05) is 26.3 Å². The van der Waals surface area contributed by atoms with Crippen molar-refractivity contribution < 1.29 is 9.47 Å². The van der Waals surface area contributed by atoms with Crippen LogP contribution in [-0.4, -0.2) is 47.0 Å². The van der Waals surface area contributed by atoms with Crippen LogP contribution in [0, 0.1) is 5.92 Å². The van der Waals surface area contributed by atoms with E-state index in [-0.39, 0.29) is 6.29 Å². The van der Waals surface area contributed by atoms with Crippen LogP contribution in [-0.2, 0) is 22.6 Å². The molecule has 0 atom stereocenters. The van der Waals surface area contributed by atoms with Crippen LogP contribution < -0.4 is 0 Å². The maximum Gasteiger partial charge on any atom is 0.160 e. The Balaban J connectivity index is 1.35. The number of imidazole rings is 1. The van der Waals surface area contributed by atoms with E-state index in [1.165, 1.54) is 5.56 Å². The lowest BCUT2D eigenvalue weighted by molar-refractivity contribution is -0.0979. The van der Waals surface area contributed by atoms with Gasteiger partial charge in [-0.25, -0.2) is 4.98 Å². The zero-order chi connectivity index (χ0) is 19.6. The topological polar surface area (TPSA) is 39.5 Å². The highest BCUT2D eigenvalue weighted by atomic mass is 35.5. The van der Waals surface area contributed by atoms with Crippen molar-refractivity contribution in [3.8, 4) is 0 Å². The Morgan fingerprint density at radius 3 is 2.48 bits per heavy atom. The maximum absolute atomic E-state index is 6.23. The monoisotopic (exact) mass is 411 g/mol. The number of aromatic nitrogens is 2. The highest BCUT2D eigenvalue weighted by Gasteiger charge is 2.30. The SMILES string of the molecule is Clc1ccc2c(c1)nc(CN1CCC(C3OCCO3)CC1)n2Cc1ccccc1. The summed E-state index contributed by atoms with van der Waals surface area (Å²) in [6, 6.07) is 16.5. The third-order valence-corrected chi connectivity index (χ3v) is 6.24. The summed E-state index contributed by atoms with van der Waals surface area (Å²) in [6.45, 7) is 5.22. The predicted molar refractivity (Wildman–Crippen MR) is 114 cm³/mol. The lowest BCUT2D eigenvalue weighted by atomic mass is 9.96. The van der Waals surface area contributed by atoms with Crippen LogP contribution in [0.4, 0.5) is 0 Å². The third kappa shape index (κ3) is 4.19. The van der Waals surface area contributed by atoms with Crippen molar-refractivity contribution in [2.45, 2.75) is 32.2 Å². The molecule has 0 spiro atoms. The standard InChI is InChI=1S/C23H26ClN3O2/c24-19-6-7-21-20(14-19)25-22(27(21)15-17-4-2-1-3-5-17)16-26-10-8-18(9-11-26)23-28-12-13-29-23/h1-7,14,18,23H,8-13,15-16H2. The third-order valence-electron chi connectivity index (χ3n) is 6.00. The molecule has 3 aromatic rings. The Hall–Kier alpha value is -1.92. The first-order chi connectivity index (χ1) is 14.3. The second-order valence-corrected chi connectivity index (χ2v) is 8.39. The Labute approximate surface area is 176 Å². The second kappa shape index (κ2) is 8.44. The summed E-state index contributed by atoms with van der Waals surface area (Å²) in [5, 5.41) is 0.728. The predicted octanol–water partition coefficient (Wildman–Crippen LogP) is 4.32. The lowest BCUT2D eigenvalue weighted by Gasteiger charge is -2.33. The van der Waals surface area contributed by atoms with Crippen molar-refractivity contribution in [2.24, 2.45) is 5.92 Å². The van der Waals surface area contributed by atoms with Gasteiger partial charge in [0, 0.05) is 17.5 Å². The minimum absolute atomic E-state index is 0.00180. The molecule has 152 valence electrons. The van der Waals surface area contributed by atoms with Crippen molar-refractivity contribution in [1.82, 2.24) is 14.5 Å². The average Bonchev–Trinajstić information content (AvgIpc) is 3.38.